The van der Waals surface area contributed by atoms with E-state index in [1.807, 2.05) is 18.2 Å². The Morgan fingerprint density at radius 1 is 0.833 bits per heavy atom. The van der Waals surface area contributed by atoms with Crippen molar-refractivity contribution < 1.29 is 0 Å². The SMILES string of the molecule is CCN1CCN(Cc2cccc(CNNc3ccccc3)c2)CC1. The fraction of sp³-hybridized carbons (Fsp3) is 0.400. The highest BCUT2D eigenvalue weighted by Crippen LogP contribution is 2.11. The number of piperazine rings is 1. The van der Waals surface area contributed by atoms with Crippen LogP contribution in [-0.4, -0.2) is 42.5 Å². The highest BCUT2D eigenvalue weighted by molar-refractivity contribution is 5.41. The zero-order chi connectivity index (χ0) is 16.6. The van der Waals surface area contributed by atoms with Gasteiger partial charge in [0, 0.05) is 45.0 Å². The van der Waals surface area contributed by atoms with E-state index in [1.165, 1.54) is 43.9 Å². The third-order valence-corrected chi connectivity index (χ3v) is 4.61. The molecule has 0 aromatic heterocycles. The summed E-state index contributed by atoms with van der Waals surface area (Å²) in [7, 11) is 0. The monoisotopic (exact) mass is 324 g/mol. The number of rotatable bonds is 7. The Hall–Kier alpha value is -1.88. The van der Waals surface area contributed by atoms with Crippen LogP contribution in [0.1, 0.15) is 18.1 Å². The van der Waals surface area contributed by atoms with E-state index < -0.39 is 0 Å². The van der Waals surface area contributed by atoms with Gasteiger partial charge in [-0.3, -0.25) is 4.90 Å². The summed E-state index contributed by atoms with van der Waals surface area (Å²) in [5, 5.41) is 0. The topological polar surface area (TPSA) is 30.5 Å². The quantitative estimate of drug-likeness (QED) is 0.767. The van der Waals surface area contributed by atoms with Crippen LogP contribution in [0, 0.1) is 0 Å². The van der Waals surface area contributed by atoms with E-state index in [9.17, 15) is 0 Å². The van der Waals surface area contributed by atoms with Crippen LogP contribution in [0.15, 0.2) is 54.6 Å². The van der Waals surface area contributed by atoms with Gasteiger partial charge in [-0.1, -0.05) is 49.4 Å². The predicted molar refractivity (Wildman–Crippen MR) is 101 cm³/mol. The molecule has 4 nitrogen and oxygen atoms in total. The van der Waals surface area contributed by atoms with Crippen LogP contribution in [0.3, 0.4) is 0 Å². The van der Waals surface area contributed by atoms with Crippen molar-refractivity contribution in [3.63, 3.8) is 0 Å². The van der Waals surface area contributed by atoms with Gasteiger partial charge in [0.25, 0.3) is 0 Å². The van der Waals surface area contributed by atoms with Gasteiger partial charge in [0.15, 0.2) is 0 Å². The van der Waals surface area contributed by atoms with E-state index in [0.29, 0.717) is 0 Å². The maximum atomic E-state index is 3.29. The molecule has 3 rings (SSSR count). The third kappa shape index (κ3) is 5.06. The van der Waals surface area contributed by atoms with Crippen molar-refractivity contribution in [2.45, 2.75) is 20.0 Å². The van der Waals surface area contributed by atoms with Crippen LogP contribution in [0.2, 0.25) is 0 Å². The molecule has 0 bridgehead atoms. The van der Waals surface area contributed by atoms with Gasteiger partial charge < -0.3 is 10.3 Å². The zero-order valence-corrected chi connectivity index (χ0v) is 14.5. The average molecular weight is 324 g/mol. The first kappa shape index (κ1) is 17.0. The summed E-state index contributed by atoms with van der Waals surface area (Å²) in [5.41, 5.74) is 10.3. The van der Waals surface area contributed by atoms with Crippen molar-refractivity contribution in [3.8, 4) is 0 Å². The molecular weight excluding hydrogens is 296 g/mol. The van der Waals surface area contributed by atoms with E-state index in [4.69, 9.17) is 0 Å². The fourth-order valence-corrected chi connectivity index (χ4v) is 3.13. The van der Waals surface area contributed by atoms with Crippen molar-refractivity contribution in [1.29, 1.82) is 0 Å². The molecule has 0 aliphatic carbocycles. The van der Waals surface area contributed by atoms with Crippen molar-refractivity contribution >= 4 is 5.69 Å². The molecule has 0 unspecified atom stereocenters. The fourth-order valence-electron chi connectivity index (χ4n) is 3.13. The van der Waals surface area contributed by atoms with Gasteiger partial charge in [-0.2, -0.15) is 0 Å². The van der Waals surface area contributed by atoms with Crippen molar-refractivity contribution in [1.82, 2.24) is 15.2 Å². The Morgan fingerprint density at radius 2 is 1.54 bits per heavy atom. The first-order chi connectivity index (χ1) is 11.8. The van der Waals surface area contributed by atoms with Crippen LogP contribution in [0.5, 0.6) is 0 Å². The van der Waals surface area contributed by atoms with E-state index in [0.717, 1.165) is 18.8 Å². The van der Waals surface area contributed by atoms with Gasteiger partial charge in [-0.05, 0) is 29.8 Å². The Morgan fingerprint density at radius 3 is 2.29 bits per heavy atom. The average Bonchev–Trinajstić information content (AvgIpc) is 2.64. The summed E-state index contributed by atoms with van der Waals surface area (Å²) in [6.45, 7) is 10.0. The number of para-hydroxylation sites is 1. The molecule has 24 heavy (non-hydrogen) atoms. The van der Waals surface area contributed by atoms with Crippen molar-refractivity contribution in [2.75, 3.05) is 38.1 Å². The molecule has 128 valence electrons. The molecule has 0 spiro atoms. The summed E-state index contributed by atoms with van der Waals surface area (Å²) < 4.78 is 0. The molecule has 0 radical (unpaired) electrons. The first-order valence-electron chi connectivity index (χ1n) is 8.90. The van der Waals surface area contributed by atoms with Gasteiger partial charge in [-0.25, -0.2) is 5.43 Å². The Kier molecular flexibility index (Phi) is 6.24. The minimum atomic E-state index is 0.812. The highest BCUT2D eigenvalue weighted by atomic mass is 15.3. The molecular formula is C20H28N4. The highest BCUT2D eigenvalue weighted by Gasteiger charge is 2.15. The standard InChI is InChI=1S/C20H28N4/c1-2-23-11-13-24(14-12-23)17-19-8-6-7-18(15-19)16-21-22-20-9-4-3-5-10-20/h3-10,15,21-22H,2,11-14,16-17H2,1H3. The molecule has 2 aromatic rings. The summed E-state index contributed by atoms with van der Waals surface area (Å²) >= 11 is 0. The van der Waals surface area contributed by atoms with Crippen LogP contribution in [-0.2, 0) is 13.1 Å². The molecule has 1 aliphatic rings. The number of hydrogen-bond acceptors (Lipinski definition) is 4. The first-order valence-corrected chi connectivity index (χ1v) is 8.90. The number of benzene rings is 2. The predicted octanol–water partition coefficient (Wildman–Crippen LogP) is 2.94. The lowest BCUT2D eigenvalue weighted by molar-refractivity contribution is 0.132. The van der Waals surface area contributed by atoms with Gasteiger partial charge in [0.05, 0.1) is 0 Å². The summed E-state index contributed by atoms with van der Waals surface area (Å²) in [5.74, 6) is 0. The van der Waals surface area contributed by atoms with Crippen LogP contribution >= 0.6 is 0 Å². The molecule has 4 heteroatoms. The molecule has 1 heterocycles. The van der Waals surface area contributed by atoms with Crippen molar-refractivity contribution in [2.24, 2.45) is 0 Å². The van der Waals surface area contributed by atoms with Gasteiger partial charge in [0.1, 0.15) is 0 Å². The van der Waals surface area contributed by atoms with E-state index in [-0.39, 0.29) is 0 Å². The van der Waals surface area contributed by atoms with Crippen LogP contribution in [0.4, 0.5) is 5.69 Å². The van der Waals surface area contributed by atoms with Gasteiger partial charge in [-0.15, -0.1) is 0 Å². The second-order valence-electron chi connectivity index (χ2n) is 6.37. The molecule has 1 fully saturated rings. The number of hydrogen-bond donors (Lipinski definition) is 2. The summed E-state index contributed by atoms with van der Waals surface area (Å²) in [4.78, 5) is 5.08. The summed E-state index contributed by atoms with van der Waals surface area (Å²) in [6.07, 6.45) is 0. The maximum Gasteiger partial charge on any atom is 0.0487 e. The van der Waals surface area contributed by atoms with Crippen LogP contribution < -0.4 is 10.9 Å². The molecule has 1 aliphatic heterocycles. The number of nitrogens with zero attached hydrogens (tertiary/aromatic N) is 2. The van der Waals surface area contributed by atoms with E-state index in [1.54, 1.807) is 0 Å². The Bertz CT molecular complexity index is 606. The molecule has 2 aromatic carbocycles. The van der Waals surface area contributed by atoms with E-state index in [2.05, 4.69) is 64.0 Å². The normalized spacial score (nSPS) is 16.2. The number of nitrogens with one attached hydrogen (secondary N) is 2. The second-order valence-corrected chi connectivity index (χ2v) is 6.37. The Balaban J connectivity index is 1.47. The second kappa shape index (κ2) is 8.83. The van der Waals surface area contributed by atoms with E-state index >= 15 is 0 Å². The Labute approximate surface area is 145 Å². The van der Waals surface area contributed by atoms with Gasteiger partial charge in [0.2, 0.25) is 0 Å². The summed E-state index contributed by atoms with van der Waals surface area (Å²) in [6, 6.07) is 19.1. The zero-order valence-electron chi connectivity index (χ0n) is 14.5. The van der Waals surface area contributed by atoms with Crippen LogP contribution in [0.25, 0.3) is 0 Å². The van der Waals surface area contributed by atoms with Gasteiger partial charge >= 0.3 is 0 Å². The molecule has 1 saturated heterocycles. The van der Waals surface area contributed by atoms with Crippen molar-refractivity contribution in [3.05, 3.63) is 65.7 Å². The largest absolute Gasteiger partial charge is 0.321 e. The lowest BCUT2D eigenvalue weighted by atomic mass is 10.1. The minimum absolute atomic E-state index is 0.812. The number of hydrazine groups is 1. The minimum Gasteiger partial charge on any atom is -0.321 e. The molecule has 0 amide bonds. The number of likely N-dealkylation sites (N-methyl/N-ethyl adjacent to an activating group) is 1. The lowest BCUT2D eigenvalue weighted by Crippen LogP contribution is -2.45. The number of anilines is 1. The molecule has 2 N–H and O–H groups in total. The molecule has 0 saturated carbocycles. The molecule has 0 atom stereocenters. The third-order valence-electron chi connectivity index (χ3n) is 4.61. The smallest absolute Gasteiger partial charge is 0.0487 e. The maximum absolute atomic E-state index is 3.29. The lowest BCUT2D eigenvalue weighted by Gasteiger charge is -2.34.